The summed E-state index contributed by atoms with van der Waals surface area (Å²) < 4.78 is 6.15. The molecule has 0 radical (unpaired) electrons. The SMILES string of the molecule is Cc1cc(COc2ccc(C3(CNC(=O)c4ccncc4)CC(CC4(C)NC(=O)NC4=O)=NO3)cc2)c2ccccc2n1. The van der Waals surface area contributed by atoms with Gasteiger partial charge in [0.05, 0.1) is 17.8 Å². The molecule has 2 atom stereocenters. The molecular formula is C32H30N6O5. The average molecular weight is 579 g/mol. The summed E-state index contributed by atoms with van der Waals surface area (Å²) in [5.41, 5.74) is 2.50. The number of carbonyl (C=O) groups excluding carboxylic acids is 3. The molecule has 4 aromatic rings. The number of benzene rings is 2. The van der Waals surface area contributed by atoms with Crippen LogP contribution in [-0.2, 0) is 21.8 Å². The van der Waals surface area contributed by atoms with Crippen LogP contribution in [0.5, 0.6) is 5.75 Å². The molecular weight excluding hydrogens is 548 g/mol. The molecule has 3 N–H and O–H groups in total. The topological polar surface area (TPSA) is 144 Å². The van der Waals surface area contributed by atoms with Gasteiger partial charge in [-0.3, -0.25) is 24.9 Å². The molecule has 218 valence electrons. The molecule has 1 fully saturated rings. The van der Waals surface area contributed by atoms with Crippen LogP contribution in [0.3, 0.4) is 0 Å². The molecule has 2 aliphatic heterocycles. The standard InChI is InChI=1S/C32H30N6O5/c1-20-15-22(26-5-3-4-6-27(26)35-20)18-42-25-9-7-23(8-10-25)32(19-34-28(39)21-11-13-33-14-12-21)17-24(38-43-32)16-31(2)29(40)36-30(41)37-31/h3-15H,16-19H2,1-2H3,(H,34,39)(H2,36,37,40,41). The van der Waals surface area contributed by atoms with Crippen molar-refractivity contribution in [3.8, 4) is 5.75 Å². The summed E-state index contributed by atoms with van der Waals surface area (Å²) in [6.45, 7) is 4.08. The van der Waals surface area contributed by atoms with E-state index in [4.69, 9.17) is 9.57 Å². The highest BCUT2D eigenvalue weighted by Crippen LogP contribution is 2.37. The van der Waals surface area contributed by atoms with Crippen molar-refractivity contribution in [3.05, 3.63) is 102 Å². The number of rotatable bonds is 9. The molecule has 2 unspecified atom stereocenters. The first-order chi connectivity index (χ1) is 20.7. The zero-order valence-corrected chi connectivity index (χ0v) is 23.7. The van der Waals surface area contributed by atoms with Gasteiger partial charge in [-0.05, 0) is 50.2 Å². The van der Waals surface area contributed by atoms with E-state index in [1.165, 1.54) is 0 Å². The minimum Gasteiger partial charge on any atom is -0.489 e. The second-order valence-corrected chi connectivity index (χ2v) is 11.0. The van der Waals surface area contributed by atoms with Crippen LogP contribution >= 0.6 is 0 Å². The second kappa shape index (κ2) is 11.2. The van der Waals surface area contributed by atoms with Crippen LogP contribution in [0.2, 0.25) is 0 Å². The molecule has 1 saturated heterocycles. The number of pyridine rings is 2. The van der Waals surface area contributed by atoms with Gasteiger partial charge in [-0.25, -0.2) is 4.79 Å². The third kappa shape index (κ3) is 5.74. The number of urea groups is 1. The number of hydrogen-bond donors (Lipinski definition) is 3. The van der Waals surface area contributed by atoms with Crippen molar-refractivity contribution >= 4 is 34.5 Å². The maximum absolute atomic E-state index is 12.9. The number of hydrogen-bond acceptors (Lipinski definition) is 8. The second-order valence-electron chi connectivity index (χ2n) is 11.0. The Morgan fingerprint density at radius 2 is 1.84 bits per heavy atom. The Morgan fingerprint density at radius 1 is 1.07 bits per heavy atom. The highest BCUT2D eigenvalue weighted by atomic mass is 16.7. The van der Waals surface area contributed by atoms with Crippen LogP contribution in [0, 0.1) is 6.92 Å². The van der Waals surface area contributed by atoms with E-state index in [1.807, 2.05) is 61.5 Å². The first-order valence-corrected chi connectivity index (χ1v) is 13.9. The summed E-state index contributed by atoms with van der Waals surface area (Å²) in [5, 5.41) is 13.2. The summed E-state index contributed by atoms with van der Waals surface area (Å²) in [4.78, 5) is 51.7. The first-order valence-electron chi connectivity index (χ1n) is 13.9. The van der Waals surface area contributed by atoms with Crippen molar-refractivity contribution in [3.63, 3.8) is 0 Å². The molecule has 2 aromatic carbocycles. The van der Waals surface area contributed by atoms with Crippen LogP contribution in [-0.4, -0.2) is 45.6 Å². The first kappa shape index (κ1) is 27.8. The zero-order valence-electron chi connectivity index (χ0n) is 23.7. The number of fused-ring (bicyclic) bond motifs is 1. The summed E-state index contributed by atoms with van der Waals surface area (Å²) in [6.07, 6.45) is 3.55. The molecule has 0 spiro atoms. The van der Waals surface area contributed by atoms with E-state index in [0.717, 1.165) is 27.7 Å². The highest BCUT2D eigenvalue weighted by molar-refractivity contribution is 6.09. The predicted molar refractivity (Wildman–Crippen MR) is 158 cm³/mol. The van der Waals surface area contributed by atoms with Crippen LogP contribution in [0.4, 0.5) is 4.79 Å². The van der Waals surface area contributed by atoms with E-state index in [0.29, 0.717) is 30.1 Å². The number of para-hydroxylation sites is 1. The molecule has 43 heavy (non-hydrogen) atoms. The van der Waals surface area contributed by atoms with Gasteiger partial charge in [0.1, 0.15) is 17.9 Å². The fourth-order valence-electron chi connectivity index (χ4n) is 5.46. The maximum atomic E-state index is 12.9. The lowest BCUT2D eigenvalue weighted by Gasteiger charge is -2.28. The third-order valence-corrected chi connectivity index (χ3v) is 7.70. The summed E-state index contributed by atoms with van der Waals surface area (Å²) in [6, 6.07) is 20.2. The van der Waals surface area contributed by atoms with Crippen LogP contribution in [0.25, 0.3) is 10.9 Å². The molecule has 0 saturated carbocycles. The summed E-state index contributed by atoms with van der Waals surface area (Å²) in [5.74, 6) is -0.0503. The lowest BCUT2D eigenvalue weighted by atomic mass is 9.84. The Balaban J connectivity index is 1.20. The Bertz CT molecular complexity index is 1740. The molecule has 11 heteroatoms. The largest absolute Gasteiger partial charge is 0.489 e. The number of oxime groups is 1. The average Bonchev–Trinajstić information content (AvgIpc) is 3.53. The van der Waals surface area contributed by atoms with Crippen molar-refractivity contribution in [2.24, 2.45) is 5.16 Å². The predicted octanol–water partition coefficient (Wildman–Crippen LogP) is 3.91. The lowest BCUT2D eigenvalue weighted by Crippen LogP contribution is -2.46. The van der Waals surface area contributed by atoms with Gasteiger partial charge in [-0.2, -0.15) is 0 Å². The van der Waals surface area contributed by atoms with Crippen LogP contribution in [0.15, 0.2) is 84.3 Å². The fraction of sp³-hybridized carbons (Fsp3) is 0.250. The minimum atomic E-state index is -1.15. The van der Waals surface area contributed by atoms with Crippen molar-refractivity contribution in [1.82, 2.24) is 25.9 Å². The lowest BCUT2D eigenvalue weighted by molar-refractivity contribution is -0.123. The van der Waals surface area contributed by atoms with Crippen molar-refractivity contribution < 1.29 is 24.0 Å². The Labute approximate surface area is 247 Å². The molecule has 2 aromatic heterocycles. The number of ether oxygens (including phenoxy) is 1. The number of aryl methyl sites for hydroxylation is 1. The van der Waals surface area contributed by atoms with Crippen molar-refractivity contribution in [2.45, 2.75) is 44.4 Å². The number of imide groups is 1. The van der Waals surface area contributed by atoms with Gasteiger partial charge >= 0.3 is 6.03 Å². The maximum Gasteiger partial charge on any atom is 0.322 e. The molecule has 0 bridgehead atoms. The molecule has 11 nitrogen and oxygen atoms in total. The van der Waals surface area contributed by atoms with Gasteiger partial charge in [0.2, 0.25) is 0 Å². The van der Waals surface area contributed by atoms with E-state index in [2.05, 4.69) is 31.1 Å². The monoisotopic (exact) mass is 578 g/mol. The summed E-state index contributed by atoms with van der Waals surface area (Å²) >= 11 is 0. The Morgan fingerprint density at radius 3 is 2.58 bits per heavy atom. The number of nitrogens with one attached hydrogen (secondary N) is 3. The number of carbonyl (C=O) groups is 3. The van der Waals surface area contributed by atoms with E-state index < -0.39 is 23.1 Å². The minimum absolute atomic E-state index is 0.110. The molecule has 2 aliphatic rings. The zero-order chi connectivity index (χ0) is 30.0. The van der Waals surface area contributed by atoms with E-state index in [-0.39, 0.29) is 18.9 Å². The molecule has 4 heterocycles. The van der Waals surface area contributed by atoms with Crippen LogP contribution < -0.4 is 20.7 Å². The Hall–Kier alpha value is -5.32. The van der Waals surface area contributed by atoms with Gasteiger partial charge in [0, 0.05) is 53.0 Å². The van der Waals surface area contributed by atoms with Gasteiger partial charge in [0.25, 0.3) is 11.8 Å². The molecule has 0 aliphatic carbocycles. The van der Waals surface area contributed by atoms with E-state index in [9.17, 15) is 14.4 Å². The van der Waals surface area contributed by atoms with Gasteiger partial charge in [-0.15, -0.1) is 0 Å². The summed E-state index contributed by atoms with van der Waals surface area (Å²) in [7, 11) is 0. The smallest absolute Gasteiger partial charge is 0.322 e. The number of amides is 4. The van der Waals surface area contributed by atoms with Gasteiger partial charge < -0.3 is 20.2 Å². The quantitative estimate of drug-likeness (QED) is 0.256. The number of nitrogens with zero attached hydrogens (tertiary/aromatic N) is 3. The Kier molecular flexibility index (Phi) is 7.22. The van der Waals surface area contributed by atoms with E-state index >= 15 is 0 Å². The van der Waals surface area contributed by atoms with Crippen molar-refractivity contribution in [2.75, 3.05) is 6.54 Å². The van der Waals surface area contributed by atoms with Crippen LogP contribution in [0.1, 0.15) is 46.9 Å². The fourth-order valence-corrected chi connectivity index (χ4v) is 5.46. The van der Waals surface area contributed by atoms with E-state index in [1.54, 1.807) is 31.5 Å². The molecule has 4 amide bonds. The number of aromatic nitrogens is 2. The normalized spacial score (nSPS) is 21.1. The molecule has 6 rings (SSSR count). The highest BCUT2D eigenvalue weighted by Gasteiger charge is 2.47. The third-order valence-electron chi connectivity index (χ3n) is 7.70. The van der Waals surface area contributed by atoms with Gasteiger partial charge in [0.15, 0.2) is 5.60 Å². The van der Waals surface area contributed by atoms with Gasteiger partial charge in [-0.1, -0.05) is 35.5 Å². The van der Waals surface area contributed by atoms with Crippen molar-refractivity contribution in [1.29, 1.82) is 0 Å².